The summed E-state index contributed by atoms with van der Waals surface area (Å²) in [5.41, 5.74) is 0. The molecule has 0 fully saturated rings. The Balaban J connectivity index is 3.28. The molecule has 0 spiro atoms. The summed E-state index contributed by atoms with van der Waals surface area (Å²) in [5.74, 6) is 0. The van der Waals surface area contributed by atoms with Gasteiger partial charge < -0.3 is 0 Å². The molecule has 22 heavy (non-hydrogen) atoms. The van der Waals surface area contributed by atoms with Crippen molar-refractivity contribution in [3.63, 3.8) is 0 Å². The van der Waals surface area contributed by atoms with Gasteiger partial charge in [-0.15, -0.1) is 0 Å². The average Bonchev–Trinajstić information content (AvgIpc) is 2.46. The summed E-state index contributed by atoms with van der Waals surface area (Å²) >= 11 is -3.05. The molecule has 0 aliphatic heterocycles. The summed E-state index contributed by atoms with van der Waals surface area (Å²) in [6.45, 7) is 2.27. The number of halogens is 3. The molecular formula is C17H35Cl3OTe. The predicted molar refractivity (Wildman–Crippen MR) is 105 cm³/mol. The molecule has 136 valence electrons. The van der Waals surface area contributed by atoms with E-state index in [1.54, 1.807) is 7.11 Å². The topological polar surface area (TPSA) is 9.23 Å². The SMILES string of the molecule is CCCCCCCCCCCCCCC(C[Te](Cl)(Cl)Cl)OC. The molecular weight excluding hydrogens is 454 g/mol. The minimum atomic E-state index is -3.05. The first-order valence-corrected chi connectivity index (χ1v) is 19.4. The fourth-order valence-corrected chi connectivity index (χ4v) is 7.59. The fraction of sp³-hybridized carbons (Fsp3) is 1.00. The molecule has 0 radical (unpaired) electrons. The third-order valence-corrected chi connectivity index (χ3v) is 8.76. The van der Waals surface area contributed by atoms with E-state index in [9.17, 15) is 0 Å². The molecule has 1 nitrogen and oxygen atoms in total. The molecule has 0 aromatic carbocycles. The van der Waals surface area contributed by atoms with E-state index in [0.29, 0.717) is 4.47 Å². The maximum absolute atomic E-state index is 6.00. The van der Waals surface area contributed by atoms with E-state index >= 15 is 0 Å². The van der Waals surface area contributed by atoms with Crippen molar-refractivity contribution in [1.29, 1.82) is 0 Å². The molecule has 0 saturated carbocycles. The van der Waals surface area contributed by atoms with Gasteiger partial charge in [-0.3, -0.25) is 0 Å². The van der Waals surface area contributed by atoms with E-state index in [0.717, 1.165) is 6.42 Å². The molecule has 0 bridgehead atoms. The van der Waals surface area contributed by atoms with Gasteiger partial charge in [-0.25, -0.2) is 0 Å². The number of hydrogen-bond acceptors (Lipinski definition) is 1. The Kier molecular flexibility index (Phi) is 17.3. The van der Waals surface area contributed by atoms with Gasteiger partial charge in [0.05, 0.1) is 0 Å². The van der Waals surface area contributed by atoms with E-state index in [4.69, 9.17) is 31.6 Å². The van der Waals surface area contributed by atoms with Gasteiger partial charge >= 0.3 is 128 Å². The molecule has 5 heteroatoms. The van der Waals surface area contributed by atoms with Crippen LogP contribution in [0.3, 0.4) is 0 Å². The zero-order valence-electron chi connectivity index (χ0n) is 14.4. The molecule has 0 aromatic heterocycles. The molecule has 0 amide bonds. The van der Waals surface area contributed by atoms with Crippen LogP contribution in [0.4, 0.5) is 0 Å². The van der Waals surface area contributed by atoms with Crippen molar-refractivity contribution in [2.75, 3.05) is 7.11 Å². The zero-order valence-corrected chi connectivity index (χ0v) is 19.0. The summed E-state index contributed by atoms with van der Waals surface area (Å²) in [5, 5.41) is 0. The van der Waals surface area contributed by atoms with Crippen molar-refractivity contribution in [3.05, 3.63) is 0 Å². The second-order valence-corrected chi connectivity index (χ2v) is 23.8. The third kappa shape index (κ3) is 18.0. The van der Waals surface area contributed by atoms with Crippen LogP contribution >= 0.6 is 26.9 Å². The normalized spacial score (nSPS) is 14.2. The molecule has 0 saturated heterocycles. The van der Waals surface area contributed by atoms with Gasteiger partial charge in [-0.1, -0.05) is 26.2 Å². The number of unbranched alkanes of at least 4 members (excludes halogenated alkanes) is 11. The van der Waals surface area contributed by atoms with E-state index < -0.39 is 14.8 Å². The zero-order chi connectivity index (χ0) is 16.7. The van der Waals surface area contributed by atoms with Crippen LogP contribution in [0.2, 0.25) is 4.47 Å². The Bertz CT molecular complexity index is 234. The number of methoxy groups -OCH3 is 1. The van der Waals surface area contributed by atoms with Gasteiger partial charge in [0.2, 0.25) is 0 Å². The first-order valence-electron chi connectivity index (χ1n) is 8.92. The third-order valence-electron chi connectivity index (χ3n) is 4.09. The quantitative estimate of drug-likeness (QED) is 0.159. The Hall–Kier alpha value is 1.62. The van der Waals surface area contributed by atoms with Crippen molar-refractivity contribution in [1.82, 2.24) is 0 Å². The van der Waals surface area contributed by atoms with Crippen LogP contribution in [0.15, 0.2) is 0 Å². The molecule has 0 aromatic rings. The summed E-state index contributed by atoms with van der Waals surface area (Å²) in [6, 6.07) is 0. The Morgan fingerprint density at radius 3 is 1.50 bits per heavy atom. The summed E-state index contributed by atoms with van der Waals surface area (Å²) in [6.07, 6.45) is 17.6. The van der Waals surface area contributed by atoms with Crippen LogP contribution in [0.1, 0.15) is 90.4 Å². The number of hydrogen-bond donors (Lipinski definition) is 0. The maximum atomic E-state index is 6.00. The standard InChI is InChI=1S/C17H35Cl3OTe/c1-3-4-5-6-7-8-9-10-11-12-13-14-15-17(21-2)16-22(18,19)20/h17H,3-16H2,1-2H3. The number of ether oxygens (including phenoxy) is 1. The van der Waals surface area contributed by atoms with Gasteiger partial charge in [0.1, 0.15) is 0 Å². The van der Waals surface area contributed by atoms with Gasteiger partial charge in [0.25, 0.3) is 0 Å². The van der Waals surface area contributed by atoms with Gasteiger partial charge in [-0.2, -0.15) is 0 Å². The molecule has 1 atom stereocenters. The minimum absolute atomic E-state index is 0.150. The van der Waals surface area contributed by atoms with Crippen LogP contribution in [0.5, 0.6) is 0 Å². The molecule has 0 N–H and O–H groups in total. The van der Waals surface area contributed by atoms with E-state index in [2.05, 4.69) is 6.92 Å². The van der Waals surface area contributed by atoms with Gasteiger partial charge in [0, 0.05) is 0 Å². The van der Waals surface area contributed by atoms with Crippen molar-refractivity contribution < 1.29 is 4.74 Å². The van der Waals surface area contributed by atoms with Crippen LogP contribution in [0.25, 0.3) is 0 Å². The van der Waals surface area contributed by atoms with E-state index in [-0.39, 0.29) is 6.10 Å². The van der Waals surface area contributed by atoms with Crippen molar-refractivity contribution >= 4 is 41.7 Å². The first kappa shape index (κ1) is 23.6. The second-order valence-electron chi connectivity index (χ2n) is 6.20. The molecule has 0 aliphatic carbocycles. The summed E-state index contributed by atoms with van der Waals surface area (Å²) in [7, 11) is 19.7. The van der Waals surface area contributed by atoms with Crippen molar-refractivity contribution in [2.45, 2.75) is 101 Å². The van der Waals surface area contributed by atoms with Crippen LogP contribution in [0, 0.1) is 0 Å². The molecule has 1 unspecified atom stereocenters. The van der Waals surface area contributed by atoms with E-state index in [1.165, 1.54) is 77.0 Å². The van der Waals surface area contributed by atoms with Crippen LogP contribution in [-0.4, -0.2) is 28.0 Å². The first-order chi connectivity index (χ1) is 10.5. The van der Waals surface area contributed by atoms with Crippen LogP contribution < -0.4 is 0 Å². The van der Waals surface area contributed by atoms with Gasteiger partial charge in [0.15, 0.2) is 0 Å². The Labute approximate surface area is 153 Å². The Morgan fingerprint density at radius 2 is 1.14 bits per heavy atom. The summed E-state index contributed by atoms with van der Waals surface area (Å²) in [4.78, 5) is 0. The second kappa shape index (κ2) is 16.1. The average molecular weight is 489 g/mol. The number of rotatable bonds is 16. The monoisotopic (exact) mass is 490 g/mol. The Morgan fingerprint density at radius 1 is 0.727 bits per heavy atom. The summed E-state index contributed by atoms with van der Waals surface area (Å²) < 4.78 is 6.09. The fourth-order valence-electron chi connectivity index (χ4n) is 2.69. The molecule has 0 rings (SSSR count). The molecule has 0 aliphatic rings. The van der Waals surface area contributed by atoms with Gasteiger partial charge in [-0.05, 0) is 0 Å². The predicted octanol–water partition coefficient (Wildman–Crippen LogP) is 7.75. The van der Waals surface area contributed by atoms with Crippen molar-refractivity contribution in [3.8, 4) is 0 Å². The van der Waals surface area contributed by atoms with Crippen LogP contribution in [-0.2, 0) is 4.74 Å². The molecule has 0 heterocycles. The van der Waals surface area contributed by atoms with E-state index in [1.807, 2.05) is 0 Å². The van der Waals surface area contributed by atoms with Crippen molar-refractivity contribution in [2.24, 2.45) is 0 Å².